The molecule has 0 N–H and O–H groups in total. The first-order valence-electron chi connectivity index (χ1n) is 16.0. The molecule has 2 heterocycles. The second kappa shape index (κ2) is 12.2. The molecule has 0 fully saturated rings. The van der Waals surface area contributed by atoms with Crippen LogP contribution in [0.15, 0.2) is 133 Å². The fourth-order valence-electron chi connectivity index (χ4n) is 6.87. The van der Waals surface area contributed by atoms with E-state index in [1.165, 1.54) is 11.0 Å². The Bertz CT molecular complexity index is 2430. The lowest BCUT2D eigenvalue weighted by atomic mass is 9.97. The van der Waals surface area contributed by atoms with E-state index in [1.54, 1.807) is 47.0 Å². The summed E-state index contributed by atoms with van der Waals surface area (Å²) in [7, 11) is 0. The molecule has 254 valence electrons. The Morgan fingerprint density at radius 1 is 0.588 bits per heavy atom. The van der Waals surface area contributed by atoms with Crippen LogP contribution in [0.25, 0.3) is 49.7 Å². The third-order valence-corrected chi connectivity index (χ3v) is 9.17. The monoisotopic (exact) mass is 692 g/mol. The van der Waals surface area contributed by atoms with Gasteiger partial charge in [-0.25, -0.2) is 0 Å². The number of fused-ring (bicyclic) bond motifs is 4. The van der Waals surface area contributed by atoms with Crippen molar-refractivity contribution >= 4 is 33.4 Å². The molecule has 0 bridgehead atoms. The van der Waals surface area contributed by atoms with Crippen molar-refractivity contribution < 1.29 is 35.9 Å². The summed E-state index contributed by atoms with van der Waals surface area (Å²) in [6, 6.07) is 36.2. The standard InChI is InChI=1S/C41H26F6N2O2/c42-40(43,44)29-19-28(20-30(22-29)41(45,46)47)32-15-8-16-34-33-14-4-5-17-35(33)49(38(32)34)36-18-7-12-27-23-51-24-48(39(50)37(27)36)31-13-6-11-26(21-31)25-9-2-1-3-10-25/h1-22H,23-24H2. The molecule has 1 aliphatic rings. The molecule has 8 rings (SSSR count). The van der Waals surface area contributed by atoms with Crippen molar-refractivity contribution in [2.75, 3.05) is 11.6 Å². The average Bonchev–Trinajstić information content (AvgIpc) is 3.37. The van der Waals surface area contributed by atoms with Crippen LogP contribution in [0.2, 0.25) is 0 Å². The molecule has 1 amide bonds. The quantitative estimate of drug-likeness (QED) is 0.172. The lowest BCUT2D eigenvalue weighted by Gasteiger charge is -2.23. The second-order valence-corrected chi connectivity index (χ2v) is 12.3. The zero-order valence-corrected chi connectivity index (χ0v) is 26.6. The highest BCUT2D eigenvalue weighted by Crippen LogP contribution is 2.43. The van der Waals surface area contributed by atoms with Crippen LogP contribution in [0, 0.1) is 0 Å². The Hall–Kier alpha value is -5.87. The van der Waals surface area contributed by atoms with E-state index in [-0.39, 0.29) is 36.4 Å². The van der Waals surface area contributed by atoms with Gasteiger partial charge in [-0.3, -0.25) is 9.69 Å². The molecule has 0 radical (unpaired) electrons. The number of nitrogens with zero attached hydrogens (tertiary/aromatic N) is 2. The summed E-state index contributed by atoms with van der Waals surface area (Å²) < 4.78 is 91.9. The first kappa shape index (κ1) is 32.3. The molecule has 0 aliphatic carbocycles. The summed E-state index contributed by atoms with van der Waals surface area (Å²) in [4.78, 5) is 16.2. The number of hydrogen-bond donors (Lipinski definition) is 0. The first-order valence-corrected chi connectivity index (χ1v) is 16.0. The molecule has 6 aromatic carbocycles. The molecule has 1 aliphatic heterocycles. The van der Waals surface area contributed by atoms with Crippen LogP contribution in [0.1, 0.15) is 27.0 Å². The van der Waals surface area contributed by atoms with Gasteiger partial charge in [0.25, 0.3) is 5.91 Å². The van der Waals surface area contributed by atoms with Crippen molar-refractivity contribution in [1.82, 2.24) is 4.57 Å². The minimum atomic E-state index is -5.03. The number of carbonyl (C=O) groups excluding carboxylic acids is 1. The summed E-state index contributed by atoms with van der Waals surface area (Å²) in [5, 5.41) is 1.30. The van der Waals surface area contributed by atoms with Crippen molar-refractivity contribution in [2.24, 2.45) is 0 Å². The predicted octanol–water partition coefficient (Wildman–Crippen LogP) is 11.3. The van der Waals surface area contributed by atoms with E-state index in [1.807, 2.05) is 66.7 Å². The molecule has 51 heavy (non-hydrogen) atoms. The topological polar surface area (TPSA) is 34.5 Å². The van der Waals surface area contributed by atoms with Gasteiger partial charge in [0.05, 0.1) is 40.0 Å². The first-order chi connectivity index (χ1) is 24.5. The van der Waals surface area contributed by atoms with Crippen molar-refractivity contribution in [3.63, 3.8) is 0 Å². The van der Waals surface area contributed by atoms with E-state index in [9.17, 15) is 31.1 Å². The van der Waals surface area contributed by atoms with Crippen molar-refractivity contribution in [3.8, 4) is 27.9 Å². The third-order valence-electron chi connectivity index (χ3n) is 9.17. The summed E-state index contributed by atoms with van der Waals surface area (Å²) in [6.45, 7) is 0.0461. The average molecular weight is 693 g/mol. The zero-order valence-electron chi connectivity index (χ0n) is 26.6. The van der Waals surface area contributed by atoms with Gasteiger partial charge in [-0.15, -0.1) is 0 Å². The number of alkyl halides is 6. The van der Waals surface area contributed by atoms with Gasteiger partial charge in [0.15, 0.2) is 0 Å². The molecule has 0 saturated carbocycles. The highest BCUT2D eigenvalue weighted by Gasteiger charge is 2.37. The van der Waals surface area contributed by atoms with Gasteiger partial charge >= 0.3 is 12.4 Å². The number of para-hydroxylation sites is 2. The van der Waals surface area contributed by atoms with E-state index in [0.717, 1.165) is 23.3 Å². The van der Waals surface area contributed by atoms with Gasteiger partial charge in [-0.05, 0) is 64.7 Å². The Morgan fingerprint density at radius 2 is 1.24 bits per heavy atom. The third kappa shape index (κ3) is 5.71. The number of anilines is 1. The highest BCUT2D eigenvalue weighted by molar-refractivity contribution is 6.16. The molecule has 1 aromatic heterocycles. The lowest BCUT2D eigenvalue weighted by molar-refractivity contribution is -0.143. The molecule has 10 heteroatoms. The van der Waals surface area contributed by atoms with Crippen LogP contribution >= 0.6 is 0 Å². The lowest BCUT2D eigenvalue weighted by Crippen LogP contribution is -2.32. The number of amides is 1. The van der Waals surface area contributed by atoms with E-state index in [4.69, 9.17) is 4.74 Å². The molecule has 0 spiro atoms. The molecule has 4 nitrogen and oxygen atoms in total. The minimum absolute atomic E-state index is 0.0475. The smallest absolute Gasteiger partial charge is 0.356 e. The molecule has 7 aromatic rings. The normalized spacial score (nSPS) is 13.8. The number of aromatic nitrogens is 1. The highest BCUT2D eigenvalue weighted by atomic mass is 19.4. The van der Waals surface area contributed by atoms with Crippen LogP contribution in [-0.4, -0.2) is 17.2 Å². The number of benzene rings is 6. The van der Waals surface area contributed by atoms with Gasteiger partial charge < -0.3 is 9.30 Å². The summed E-state index contributed by atoms with van der Waals surface area (Å²) >= 11 is 0. The summed E-state index contributed by atoms with van der Waals surface area (Å²) in [6.07, 6.45) is -10.1. The molecular formula is C41H26F6N2O2. The SMILES string of the molecule is O=C1c2c(cccc2-n2c3ccccc3c3cccc(-c4cc(C(F)(F)F)cc(C(F)(F)F)c4)c32)COCN1c1cccc(-c2ccccc2)c1. The minimum Gasteiger partial charge on any atom is -0.356 e. The van der Waals surface area contributed by atoms with Crippen molar-refractivity contribution in [1.29, 1.82) is 0 Å². The fraction of sp³-hybridized carbons (Fsp3) is 0.0976. The van der Waals surface area contributed by atoms with Gasteiger partial charge in [0, 0.05) is 22.0 Å². The maximum absolute atomic E-state index is 14.7. The molecule has 0 saturated heterocycles. The van der Waals surface area contributed by atoms with Crippen LogP contribution in [0.3, 0.4) is 0 Å². The second-order valence-electron chi connectivity index (χ2n) is 12.3. The fourth-order valence-corrected chi connectivity index (χ4v) is 6.87. The molecule has 0 atom stereocenters. The Balaban J connectivity index is 1.37. The van der Waals surface area contributed by atoms with Gasteiger partial charge in [-0.1, -0.05) is 91.0 Å². The van der Waals surface area contributed by atoms with Gasteiger partial charge in [0.1, 0.15) is 6.73 Å². The largest absolute Gasteiger partial charge is 0.416 e. The Morgan fingerprint density at radius 3 is 1.98 bits per heavy atom. The maximum Gasteiger partial charge on any atom is 0.416 e. The predicted molar refractivity (Wildman–Crippen MR) is 185 cm³/mol. The van der Waals surface area contributed by atoms with E-state index < -0.39 is 23.5 Å². The van der Waals surface area contributed by atoms with Gasteiger partial charge in [0.2, 0.25) is 0 Å². The molecule has 0 unspecified atom stereocenters. The van der Waals surface area contributed by atoms with Crippen LogP contribution in [0.4, 0.5) is 32.0 Å². The number of rotatable bonds is 4. The summed E-state index contributed by atoms with van der Waals surface area (Å²) in [5.41, 5.74) is 1.77. The van der Waals surface area contributed by atoms with Gasteiger partial charge in [-0.2, -0.15) is 26.3 Å². The van der Waals surface area contributed by atoms with E-state index in [0.29, 0.717) is 44.3 Å². The molecular weight excluding hydrogens is 666 g/mol. The van der Waals surface area contributed by atoms with E-state index in [2.05, 4.69) is 0 Å². The Labute approximate surface area is 287 Å². The zero-order chi connectivity index (χ0) is 35.5. The number of hydrogen-bond acceptors (Lipinski definition) is 2. The number of carbonyl (C=O) groups is 1. The van der Waals surface area contributed by atoms with Crippen LogP contribution in [-0.2, 0) is 23.7 Å². The Kier molecular flexibility index (Phi) is 7.72. The van der Waals surface area contributed by atoms with Crippen LogP contribution in [0.5, 0.6) is 0 Å². The summed E-state index contributed by atoms with van der Waals surface area (Å²) in [5.74, 6) is -0.370. The maximum atomic E-state index is 14.7. The van der Waals surface area contributed by atoms with E-state index >= 15 is 0 Å². The van der Waals surface area contributed by atoms with Crippen molar-refractivity contribution in [3.05, 3.63) is 156 Å². The number of ether oxygens (including phenoxy) is 1. The van der Waals surface area contributed by atoms with Crippen molar-refractivity contribution in [2.45, 2.75) is 19.0 Å². The number of halogens is 6. The van der Waals surface area contributed by atoms with Crippen LogP contribution < -0.4 is 4.90 Å².